The quantitative estimate of drug-likeness (QED) is 0.810. The maximum Gasteiger partial charge on any atom is 0.390 e. The number of nitrogens with zero attached hydrogens (tertiary/aromatic N) is 3. The molecule has 0 radical (unpaired) electrons. The molecule has 1 aromatic heterocycles. The van der Waals surface area contributed by atoms with E-state index in [0.717, 1.165) is 4.31 Å². The zero-order valence-electron chi connectivity index (χ0n) is 11.6. The van der Waals surface area contributed by atoms with Gasteiger partial charge in [0, 0.05) is 25.3 Å². The van der Waals surface area contributed by atoms with Crippen molar-refractivity contribution in [1.82, 2.24) is 13.9 Å². The molecule has 5 nitrogen and oxygen atoms in total. The molecule has 0 aliphatic rings. The van der Waals surface area contributed by atoms with Crippen LogP contribution < -0.4 is 0 Å². The molecule has 0 aromatic carbocycles. The van der Waals surface area contributed by atoms with Crippen LogP contribution in [0.5, 0.6) is 0 Å². The normalized spacial score (nSPS) is 13.4. The van der Waals surface area contributed by atoms with Crippen LogP contribution in [-0.4, -0.2) is 41.5 Å². The molecule has 1 heterocycles. The second-order valence-electron chi connectivity index (χ2n) is 4.61. The fraction of sp³-hybridized carbons (Fsp3) is 0.727. The molecule has 116 valence electrons. The van der Waals surface area contributed by atoms with Gasteiger partial charge in [-0.25, -0.2) is 13.4 Å². The highest BCUT2D eigenvalue weighted by molar-refractivity contribution is 7.89. The third kappa shape index (κ3) is 4.20. The highest BCUT2D eigenvalue weighted by atomic mass is 32.2. The molecule has 0 aliphatic heterocycles. The fourth-order valence-electron chi connectivity index (χ4n) is 1.57. The molecule has 20 heavy (non-hydrogen) atoms. The van der Waals surface area contributed by atoms with Crippen molar-refractivity contribution in [2.45, 2.75) is 44.4 Å². The lowest BCUT2D eigenvalue weighted by Crippen LogP contribution is -2.34. The first-order valence-corrected chi connectivity index (χ1v) is 7.62. The van der Waals surface area contributed by atoms with E-state index >= 15 is 0 Å². The summed E-state index contributed by atoms with van der Waals surface area (Å²) >= 11 is 0. The Morgan fingerprint density at radius 2 is 2.00 bits per heavy atom. The average Bonchev–Trinajstić information content (AvgIpc) is 2.77. The molecule has 0 fully saturated rings. The summed E-state index contributed by atoms with van der Waals surface area (Å²) in [7, 11) is -3.98. The van der Waals surface area contributed by atoms with E-state index in [1.165, 1.54) is 19.4 Å². The first-order chi connectivity index (χ1) is 9.08. The van der Waals surface area contributed by atoms with Crippen LogP contribution in [0.15, 0.2) is 17.6 Å². The van der Waals surface area contributed by atoms with Gasteiger partial charge in [-0.3, -0.25) is 0 Å². The van der Waals surface area contributed by atoms with Gasteiger partial charge in [0.05, 0.1) is 12.7 Å². The van der Waals surface area contributed by atoms with Crippen molar-refractivity contribution in [2.24, 2.45) is 0 Å². The van der Waals surface area contributed by atoms with Crippen LogP contribution in [-0.2, 0) is 10.0 Å². The number of imidazole rings is 1. The summed E-state index contributed by atoms with van der Waals surface area (Å²) in [5, 5.41) is -0.227. The number of hydrogen-bond donors (Lipinski definition) is 0. The van der Waals surface area contributed by atoms with Gasteiger partial charge in [0.2, 0.25) is 0 Å². The highest BCUT2D eigenvalue weighted by Gasteiger charge is 2.32. The fourth-order valence-corrected chi connectivity index (χ4v) is 2.94. The van der Waals surface area contributed by atoms with E-state index in [4.69, 9.17) is 0 Å². The maximum absolute atomic E-state index is 12.2. The summed E-state index contributed by atoms with van der Waals surface area (Å²) in [6, 6.07) is 0.0247. The first-order valence-electron chi connectivity index (χ1n) is 6.18. The van der Waals surface area contributed by atoms with Crippen LogP contribution in [0, 0.1) is 0 Å². The van der Waals surface area contributed by atoms with Gasteiger partial charge in [-0.05, 0) is 13.8 Å². The SMILES string of the molecule is CCN(CCC(F)(F)F)S(=O)(=O)c1cn(C(C)C)cn1. The van der Waals surface area contributed by atoms with Crippen molar-refractivity contribution < 1.29 is 21.6 Å². The molecule has 0 bridgehead atoms. The average molecular weight is 313 g/mol. The topological polar surface area (TPSA) is 55.2 Å². The highest BCUT2D eigenvalue weighted by Crippen LogP contribution is 2.22. The number of rotatable bonds is 6. The number of hydrogen-bond acceptors (Lipinski definition) is 3. The smallest absolute Gasteiger partial charge is 0.334 e. The van der Waals surface area contributed by atoms with Crippen molar-refractivity contribution in [2.75, 3.05) is 13.1 Å². The first kappa shape index (κ1) is 17.0. The Morgan fingerprint density at radius 1 is 1.40 bits per heavy atom. The van der Waals surface area contributed by atoms with E-state index in [1.54, 1.807) is 4.57 Å². The van der Waals surface area contributed by atoms with Gasteiger partial charge < -0.3 is 4.57 Å². The minimum atomic E-state index is -4.39. The molecule has 1 rings (SSSR count). The molecule has 0 aliphatic carbocycles. The zero-order chi connectivity index (χ0) is 15.6. The van der Waals surface area contributed by atoms with E-state index in [9.17, 15) is 21.6 Å². The second kappa shape index (κ2) is 6.13. The monoisotopic (exact) mass is 313 g/mol. The molecule has 9 heteroatoms. The number of sulfonamides is 1. The predicted molar refractivity (Wildman–Crippen MR) is 67.7 cm³/mol. The minimum Gasteiger partial charge on any atom is -0.334 e. The lowest BCUT2D eigenvalue weighted by molar-refractivity contribution is -0.135. The summed E-state index contributed by atoms with van der Waals surface area (Å²) in [4.78, 5) is 3.77. The van der Waals surface area contributed by atoms with Crippen LogP contribution in [0.1, 0.15) is 33.2 Å². The molecule has 0 spiro atoms. The summed E-state index contributed by atoms with van der Waals surface area (Å²) in [5.41, 5.74) is 0. The van der Waals surface area contributed by atoms with Crippen molar-refractivity contribution in [3.05, 3.63) is 12.5 Å². The molecule has 0 saturated carbocycles. The minimum absolute atomic E-state index is 0.0247. The van der Waals surface area contributed by atoms with Crippen molar-refractivity contribution >= 4 is 10.0 Å². The lowest BCUT2D eigenvalue weighted by Gasteiger charge is -2.19. The maximum atomic E-state index is 12.2. The summed E-state index contributed by atoms with van der Waals surface area (Å²) in [5.74, 6) is 0. The van der Waals surface area contributed by atoms with E-state index in [-0.39, 0.29) is 17.6 Å². The summed E-state index contributed by atoms with van der Waals surface area (Å²) in [6.45, 7) is 4.55. The Balaban J connectivity index is 2.93. The lowest BCUT2D eigenvalue weighted by atomic mass is 10.4. The third-order valence-corrected chi connectivity index (χ3v) is 4.64. The van der Waals surface area contributed by atoms with Crippen LogP contribution in [0.2, 0.25) is 0 Å². The Hall–Kier alpha value is -1.09. The molecule has 0 N–H and O–H groups in total. The Morgan fingerprint density at radius 3 is 2.40 bits per heavy atom. The third-order valence-electron chi connectivity index (χ3n) is 2.78. The predicted octanol–water partition coefficient (Wildman–Crippen LogP) is 2.43. The van der Waals surface area contributed by atoms with Gasteiger partial charge in [0.15, 0.2) is 5.03 Å². The van der Waals surface area contributed by atoms with Crippen molar-refractivity contribution in [3.63, 3.8) is 0 Å². The van der Waals surface area contributed by atoms with Gasteiger partial charge in [-0.15, -0.1) is 0 Å². The number of aromatic nitrogens is 2. The van der Waals surface area contributed by atoms with E-state index in [2.05, 4.69) is 4.98 Å². The van der Waals surface area contributed by atoms with Crippen molar-refractivity contribution in [1.29, 1.82) is 0 Å². The van der Waals surface area contributed by atoms with E-state index < -0.39 is 29.2 Å². The van der Waals surface area contributed by atoms with Crippen LogP contribution in [0.4, 0.5) is 13.2 Å². The van der Waals surface area contributed by atoms with Crippen LogP contribution >= 0.6 is 0 Å². The van der Waals surface area contributed by atoms with Crippen molar-refractivity contribution in [3.8, 4) is 0 Å². The molecule has 0 saturated heterocycles. The Labute approximate surface area is 116 Å². The molecule has 0 amide bonds. The van der Waals surface area contributed by atoms with Gasteiger partial charge >= 0.3 is 6.18 Å². The Bertz CT molecular complexity index is 537. The zero-order valence-corrected chi connectivity index (χ0v) is 12.4. The van der Waals surface area contributed by atoms with Crippen LogP contribution in [0.3, 0.4) is 0 Å². The number of halogens is 3. The molecule has 0 unspecified atom stereocenters. The largest absolute Gasteiger partial charge is 0.390 e. The summed E-state index contributed by atoms with van der Waals surface area (Å²) in [6.07, 6.45) is -2.88. The molecule has 1 aromatic rings. The molecule has 0 atom stereocenters. The van der Waals surface area contributed by atoms with Crippen LogP contribution in [0.25, 0.3) is 0 Å². The Kier molecular flexibility index (Phi) is 5.20. The van der Waals surface area contributed by atoms with Gasteiger partial charge in [0.1, 0.15) is 0 Å². The van der Waals surface area contributed by atoms with Gasteiger partial charge in [-0.2, -0.15) is 17.5 Å². The second-order valence-corrected chi connectivity index (χ2v) is 6.50. The molecular weight excluding hydrogens is 295 g/mol. The van der Waals surface area contributed by atoms with Gasteiger partial charge in [-0.1, -0.05) is 6.92 Å². The van der Waals surface area contributed by atoms with Gasteiger partial charge in [0.25, 0.3) is 10.0 Å². The van der Waals surface area contributed by atoms with E-state index in [0.29, 0.717) is 0 Å². The van der Waals surface area contributed by atoms with E-state index in [1.807, 2.05) is 13.8 Å². The molecular formula is C11H18F3N3O2S. The number of alkyl halides is 3. The summed E-state index contributed by atoms with van der Waals surface area (Å²) < 4.78 is 63.4. The standard InChI is InChI=1S/C11H18F3N3O2S/c1-4-17(6-5-11(12,13)14)20(18,19)10-7-16(8-15-10)9(2)3/h7-9H,4-6H2,1-3H3.